The zero-order valence-electron chi connectivity index (χ0n) is 28.4. The molecule has 16 nitrogen and oxygen atoms in total. The van der Waals surface area contributed by atoms with E-state index in [1.165, 1.54) is 7.11 Å². The van der Waals surface area contributed by atoms with Gasteiger partial charge >= 0.3 is 0 Å². The van der Waals surface area contributed by atoms with E-state index < -0.39 is 63.6 Å². The molecule has 0 bridgehead atoms. The minimum Gasteiger partial charge on any atom is -0.505 e. The molecule has 6 aromatic rings. The Labute approximate surface area is 308 Å². The Balaban J connectivity index is 1.32. The number of phenols is 1. The maximum Gasteiger partial charge on any atom is 0.296 e. The lowest BCUT2D eigenvalue weighted by Crippen LogP contribution is -2.05. The molecule has 0 unspecified atom stereocenters. The average molecular weight is 767 g/mol. The van der Waals surface area contributed by atoms with Crippen molar-refractivity contribution in [2.24, 2.45) is 30.7 Å². The SMILES string of the molecule is COc1cc(N=Nc2ccc(-c3ccc(N=Nc4c(S(=O)(=O)O)cc5c(S(=O)(=O)O)cc(N=Nc6ccccc6)c(O)c5c4N)cc3)cc2)c(C)cc1N. The number of aryl methyl sites for hydroxylation is 1. The van der Waals surface area contributed by atoms with E-state index in [0.717, 1.165) is 22.8 Å². The largest absolute Gasteiger partial charge is 0.505 e. The van der Waals surface area contributed by atoms with Gasteiger partial charge in [0.05, 0.1) is 46.6 Å². The second-order valence-corrected chi connectivity index (χ2v) is 14.4. The van der Waals surface area contributed by atoms with Crippen LogP contribution in [-0.4, -0.2) is 38.2 Å². The first-order valence-electron chi connectivity index (χ1n) is 15.7. The first-order valence-corrected chi connectivity index (χ1v) is 18.5. The van der Waals surface area contributed by atoms with E-state index in [2.05, 4.69) is 30.7 Å². The van der Waals surface area contributed by atoms with Gasteiger partial charge in [-0.15, -0.1) is 10.2 Å². The molecule has 0 radical (unpaired) electrons. The van der Waals surface area contributed by atoms with Crippen LogP contribution in [0.2, 0.25) is 0 Å². The van der Waals surface area contributed by atoms with Crippen molar-refractivity contribution in [1.29, 1.82) is 0 Å². The van der Waals surface area contributed by atoms with E-state index in [4.69, 9.17) is 16.2 Å². The number of hydrogen-bond donors (Lipinski definition) is 5. The first kappa shape index (κ1) is 37.2. The Hall–Kier alpha value is -6.60. The molecule has 18 heteroatoms. The lowest BCUT2D eigenvalue weighted by Gasteiger charge is -2.14. The third kappa shape index (κ3) is 7.91. The van der Waals surface area contributed by atoms with Crippen LogP contribution in [0.15, 0.2) is 144 Å². The minimum atomic E-state index is -5.12. The molecule has 0 saturated carbocycles. The number of rotatable bonds is 10. The minimum absolute atomic E-state index is 0.243. The molecule has 0 spiro atoms. The van der Waals surface area contributed by atoms with Gasteiger partial charge < -0.3 is 21.3 Å². The van der Waals surface area contributed by atoms with Crippen molar-refractivity contribution >= 4 is 76.5 Å². The number of fused-ring (bicyclic) bond motifs is 1. The van der Waals surface area contributed by atoms with Gasteiger partial charge in [-0.05, 0) is 78.2 Å². The highest BCUT2D eigenvalue weighted by Gasteiger charge is 2.28. The quantitative estimate of drug-likeness (QED) is 0.0500. The van der Waals surface area contributed by atoms with Gasteiger partial charge in [-0.2, -0.15) is 37.3 Å². The van der Waals surface area contributed by atoms with Crippen molar-refractivity contribution in [3.8, 4) is 22.6 Å². The highest BCUT2D eigenvalue weighted by atomic mass is 32.2. The zero-order chi connectivity index (χ0) is 38.8. The number of benzene rings is 6. The third-order valence-electron chi connectivity index (χ3n) is 8.06. The topological polar surface area (TPSA) is 264 Å². The van der Waals surface area contributed by atoms with E-state index in [9.17, 15) is 31.0 Å². The molecule has 6 aromatic carbocycles. The normalized spacial score (nSPS) is 12.4. The molecule has 6 rings (SSSR count). The van der Waals surface area contributed by atoms with Gasteiger partial charge in [0.2, 0.25) is 0 Å². The summed E-state index contributed by atoms with van der Waals surface area (Å²) in [7, 11) is -8.66. The van der Waals surface area contributed by atoms with Crippen LogP contribution in [0.1, 0.15) is 5.56 Å². The lowest BCUT2D eigenvalue weighted by atomic mass is 10.0. The fourth-order valence-electron chi connectivity index (χ4n) is 5.36. The smallest absolute Gasteiger partial charge is 0.296 e. The van der Waals surface area contributed by atoms with Crippen molar-refractivity contribution in [2.45, 2.75) is 16.7 Å². The summed E-state index contributed by atoms with van der Waals surface area (Å²) in [6.07, 6.45) is 0. The Morgan fingerprint density at radius 3 is 1.67 bits per heavy atom. The summed E-state index contributed by atoms with van der Waals surface area (Å²) in [4.78, 5) is -1.79. The summed E-state index contributed by atoms with van der Waals surface area (Å²) in [5.74, 6) is -0.205. The number of azo groups is 3. The van der Waals surface area contributed by atoms with Gasteiger partial charge in [-0.1, -0.05) is 42.5 Å². The molecule has 0 heterocycles. The van der Waals surface area contributed by atoms with Crippen LogP contribution in [0.25, 0.3) is 21.9 Å². The van der Waals surface area contributed by atoms with Crippen LogP contribution in [0.3, 0.4) is 0 Å². The standard InChI is InChI=1S/C36H30N8O8S2/c1-20-16-27(37)30(52-2)18-28(20)42-40-24-12-8-21(9-13-24)22-10-14-25(15-11-22)41-44-35-32(54(49,50)51)17-26-31(53(46,47)48)19-29(36(45)33(26)34(35)38)43-39-23-6-4-3-5-7-23/h3-19,45H,37-38H2,1-2H3,(H,46,47,48)(H,49,50,51). The number of nitrogens with two attached hydrogens (primary N) is 2. The number of anilines is 2. The van der Waals surface area contributed by atoms with Crippen molar-refractivity contribution in [3.05, 3.63) is 109 Å². The Bertz CT molecular complexity index is 2720. The predicted molar refractivity (Wildman–Crippen MR) is 203 cm³/mol. The van der Waals surface area contributed by atoms with Crippen molar-refractivity contribution in [1.82, 2.24) is 0 Å². The van der Waals surface area contributed by atoms with Gasteiger partial charge in [0.15, 0.2) is 5.75 Å². The molecule has 0 atom stereocenters. The summed E-state index contributed by atoms with van der Waals surface area (Å²) in [6.45, 7) is 1.87. The predicted octanol–water partition coefficient (Wildman–Crippen LogP) is 9.43. The molecule has 0 amide bonds. The fraction of sp³-hybridized carbons (Fsp3) is 0.0556. The molecule has 274 valence electrons. The summed E-state index contributed by atoms with van der Waals surface area (Å²) >= 11 is 0. The number of phenolic OH excluding ortho intramolecular Hbond substituents is 1. The number of methoxy groups -OCH3 is 1. The van der Waals surface area contributed by atoms with Gasteiger partial charge in [0.1, 0.15) is 26.9 Å². The highest BCUT2D eigenvalue weighted by Crippen LogP contribution is 2.48. The fourth-order valence-corrected chi connectivity index (χ4v) is 6.72. The molecule has 7 N–H and O–H groups in total. The Morgan fingerprint density at radius 1 is 0.611 bits per heavy atom. The van der Waals surface area contributed by atoms with Crippen molar-refractivity contribution in [2.75, 3.05) is 18.6 Å². The maximum absolute atomic E-state index is 12.5. The van der Waals surface area contributed by atoms with Crippen molar-refractivity contribution < 1.29 is 35.8 Å². The number of nitrogens with zero attached hydrogens (tertiary/aromatic N) is 6. The molecule has 54 heavy (non-hydrogen) atoms. The van der Waals surface area contributed by atoms with Crippen LogP contribution in [0.4, 0.5) is 45.5 Å². The molecule has 0 fully saturated rings. The molecule has 0 aliphatic rings. The molecule has 0 aromatic heterocycles. The second kappa shape index (κ2) is 14.8. The second-order valence-electron chi connectivity index (χ2n) is 11.7. The summed E-state index contributed by atoms with van der Waals surface area (Å²) < 4.78 is 75.2. The summed E-state index contributed by atoms with van der Waals surface area (Å²) in [6, 6.07) is 27.1. The zero-order valence-corrected chi connectivity index (χ0v) is 30.0. The Kier molecular flexibility index (Phi) is 10.2. The van der Waals surface area contributed by atoms with Gasteiger partial charge in [-0.3, -0.25) is 9.11 Å². The van der Waals surface area contributed by atoms with Crippen LogP contribution >= 0.6 is 0 Å². The number of ether oxygens (including phenoxy) is 1. The van der Waals surface area contributed by atoms with E-state index in [1.807, 2.05) is 19.1 Å². The van der Waals surface area contributed by atoms with E-state index in [0.29, 0.717) is 34.6 Å². The van der Waals surface area contributed by atoms with E-state index >= 15 is 0 Å². The molecule has 0 aliphatic carbocycles. The van der Waals surface area contributed by atoms with Gasteiger partial charge in [0, 0.05) is 11.5 Å². The molecular formula is C36H30N8O8S2. The Morgan fingerprint density at radius 2 is 1.13 bits per heavy atom. The molecule has 0 saturated heterocycles. The van der Waals surface area contributed by atoms with Crippen molar-refractivity contribution in [3.63, 3.8) is 0 Å². The van der Waals surface area contributed by atoms with E-state index in [-0.39, 0.29) is 5.69 Å². The van der Waals surface area contributed by atoms with Gasteiger partial charge in [-0.25, -0.2) is 0 Å². The maximum atomic E-state index is 12.5. The van der Waals surface area contributed by atoms with Crippen LogP contribution < -0.4 is 16.2 Å². The molecule has 0 aliphatic heterocycles. The number of aromatic hydroxyl groups is 1. The third-order valence-corrected chi connectivity index (χ3v) is 9.82. The van der Waals surface area contributed by atoms with Crippen LogP contribution in [-0.2, 0) is 20.2 Å². The number of hydrogen-bond acceptors (Lipinski definition) is 14. The first-order chi connectivity index (χ1) is 25.6. The monoisotopic (exact) mass is 766 g/mol. The lowest BCUT2D eigenvalue weighted by molar-refractivity contribution is 0.417. The van der Waals surface area contributed by atoms with Gasteiger partial charge in [0.25, 0.3) is 20.2 Å². The number of nitrogen functional groups attached to an aromatic ring is 2. The summed E-state index contributed by atoms with van der Waals surface area (Å²) in [5.41, 5.74) is 15.4. The van der Waals surface area contributed by atoms with Crippen LogP contribution in [0.5, 0.6) is 11.5 Å². The highest BCUT2D eigenvalue weighted by molar-refractivity contribution is 7.86. The van der Waals surface area contributed by atoms with E-state index in [1.54, 1.807) is 78.9 Å². The summed E-state index contributed by atoms with van der Waals surface area (Å²) in [5, 5.41) is 34.8. The molecular weight excluding hydrogens is 737 g/mol. The average Bonchev–Trinajstić information content (AvgIpc) is 3.13. The van der Waals surface area contributed by atoms with Crippen LogP contribution in [0, 0.1) is 6.92 Å².